The lowest BCUT2D eigenvalue weighted by Crippen LogP contribution is -2.04. The second-order valence-corrected chi connectivity index (χ2v) is 2.66. The average Bonchev–Trinajstić information content (AvgIpc) is 2.47. The topological polar surface area (TPSA) is 37.1 Å². The van der Waals surface area contributed by atoms with Gasteiger partial charge in [0.1, 0.15) is 12.7 Å². The number of rotatable bonds is 1. The van der Waals surface area contributed by atoms with E-state index >= 15 is 0 Å². The van der Waals surface area contributed by atoms with Crippen LogP contribution in [0.1, 0.15) is 5.56 Å². The molecule has 1 aliphatic rings. The van der Waals surface area contributed by atoms with Crippen molar-refractivity contribution < 1.29 is 0 Å². The van der Waals surface area contributed by atoms with Crippen molar-refractivity contribution in [2.45, 2.75) is 0 Å². The molecule has 0 amide bonds. The van der Waals surface area contributed by atoms with Gasteiger partial charge in [-0.25, -0.2) is 9.98 Å². The fourth-order valence-corrected chi connectivity index (χ4v) is 1.14. The van der Waals surface area contributed by atoms with Crippen LogP contribution in [0, 0.1) is 0 Å². The highest BCUT2D eigenvalue weighted by atomic mass is 15.0. The molecule has 0 aliphatic carbocycles. The second-order valence-electron chi connectivity index (χ2n) is 2.66. The minimum absolute atomic E-state index is 0.601. The molecule has 0 N–H and O–H groups in total. The van der Waals surface area contributed by atoms with Crippen LogP contribution in [-0.2, 0) is 0 Å². The van der Waals surface area contributed by atoms with Gasteiger partial charge in [0.2, 0.25) is 0 Å². The minimum Gasteiger partial charge on any atom is -0.267 e. The highest BCUT2D eigenvalue weighted by molar-refractivity contribution is 6.06. The Morgan fingerprint density at radius 2 is 1.85 bits per heavy atom. The molecule has 3 nitrogen and oxygen atoms in total. The molecule has 0 bridgehead atoms. The van der Waals surface area contributed by atoms with E-state index in [1.165, 1.54) is 12.7 Å². The fourth-order valence-electron chi connectivity index (χ4n) is 1.14. The van der Waals surface area contributed by atoms with E-state index in [9.17, 15) is 0 Å². The van der Waals surface area contributed by atoms with Crippen molar-refractivity contribution in [3.05, 3.63) is 35.9 Å². The van der Waals surface area contributed by atoms with E-state index in [2.05, 4.69) is 15.0 Å². The van der Waals surface area contributed by atoms with Gasteiger partial charge in [-0.3, -0.25) is 4.99 Å². The van der Waals surface area contributed by atoms with E-state index in [-0.39, 0.29) is 0 Å². The summed E-state index contributed by atoms with van der Waals surface area (Å²) in [5.74, 6) is 0. The summed E-state index contributed by atoms with van der Waals surface area (Å²) in [6, 6.07) is 10.0. The highest BCUT2D eigenvalue weighted by Gasteiger charge is 2.01. The van der Waals surface area contributed by atoms with Crippen molar-refractivity contribution in [3.63, 3.8) is 0 Å². The molecule has 0 saturated heterocycles. The smallest absolute Gasteiger partial charge is 0.117 e. The number of nitrogens with zero attached hydrogens (tertiary/aromatic N) is 3. The normalized spacial score (nSPS) is 15.2. The molecule has 64 valence electrons. The van der Waals surface area contributed by atoms with Gasteiger partial charge in [-0.1, -0.05) is 30.3 Å². The lowest BCUT2D eigenvalue weighted by atomic mass is 10.1. The molecular weight excluding hydrogens is 162 g/mol. The zero-order chi connectivity index (χ0) is 8.93. The molecule has 13 heavy (non-hydrogen) atoms. The van der Waals surface area contributed by atoms with Gasteiger partial charge in [-0.15, -0.1) is 0 Å². The summed E-state index contributed by atoms with van der Waals surface area (Å²) in [7, 11) is 0. The van der Waals surface area contributed by atoms with Crippen molar-refractivity contribution in [2.75, 3.05) is 6.54 Å². The monoisotopic (exact) mass is 171 g/mol. The number of hydrogen-bond donors (Lipinski definition) is 0. The Morgan fingerprint density at radius 3 is 2.69 bits per heavy atom. The van der Waals surface area contributed by atoms with Crippen LogP contribution in [0.3, 0.4) is 0 Å². The molecule has 1 aromatic rings. The third-order valence-electron chi connectivity index (χ3n) is 1.78. The van der Waals surface area contributed by atoms with Gasteiger partial charge < -0.3 is 0 Å². The van der Waals surface area contributed by atoms with Crippen molar-refractivity contribution in [1.82, 2.24) is 0 Å². The SMILES string of the molecule is C1=NC=NCC(c2ccccc2)=N1. The summed E-state index contributed by atoms with van der Waals surface area (Å²) in [5, 5.41) is 0. The summed E-state index contributed by atoms with van der Waals surface area (Å²) in [6.45, 7) is 0.601. The molecule has 1 aliphatic heterocycles. The zero-order valence-electron chi connectivity index (χ0n) is 7.09. The molecule has 0 radical (unpaired) electrons. The predicted molar refractivity (Wildman–Crippen MR) is 54.8 cm³/mol. The van der Waals surface area contributed by atoms with Gasteiger partial charge in [0.05, 0.1) is 12.3 Å². The Kier molecular flexibility index (Phi) is 2.27. The quantitative estimate of drug-likeness (QED) is 0.614. The highest BCUT2D eigenvalue weighted by Crippen LogP contribution is 2.02. The number of hydrogen-bond acceptors (Lipinski definition) is 3. The Balaban J connectivity index is 2.32. The average molecular weight is 171 g/mol. The predicted octanol–water partition coefficient (Wildman–Crippen LogP) is 1.55. The molecular formula is C10H9N3. The van der Waals surface area contributed by atoms with Gasteiger partial charge in [0.15, 0.2) is 0 Å². The zero-order valence-corrected chi connectivity index (χ0v) is 7.09. The van der Waals surface area contributed by atoms with Crippen LogP contribution in [0.25, 0.3) is 0 Å². The van der Waals surface area contributed by atoms with Crippen LogP contribution in [-0.4, -0.2) is 24.9 Å². The first kappa shape index (κ1) is 7.86. The number of benzene rings is 1. The first-order chi connectivity index (χ1) is 6.47. The van der Waals surface area contributed by atoms with Crippen molar-refractivity contribution >= 4 is 18.4 Å². The molecule has 3 heteroatoms. The van der Waals surface area contributed by atoms with Crippen LogP contribution in [0.5, 0.6) is 0 Å². The molecule has 0 atom stereocenters. The Morgan fingerprint density at radius 1 is 1.00 bits per heavy atom. The lowest BCUT2D eigenvalue weighted by molar-refractivity contribution is 1.30. The van der Waals surface area contributed by atoms with E-state index in [1.54, 1.807) is 0 Å². The number of aliphatic imine (C=N–C) groups is 3. The van der Waals surface area contributed by atoms with E-state index in [4.69, 9.17) is 0 Å². The van der Waals surface area contributed by atoms with Crippen LogP contribution in [0.15, 0.2) is 45.3 Å². The van der Waals surface area contributed by atoms with E-state index in [0.717, 1.165) is 11.3 Å². The van der Waals surface area contributed by atoms with Crippen molar-refractivity contribution in [2.24, 2.45) is 15.0 Å². The third-order valence-corrected chi connectivity index (χ3v) is 1.78. The molecule has 1 aromatic carbocycles. The standard InChI is InChI=1S/C10H9N3/c1-2-4-9(5-3-1)10-6-11-7-12-8-13-10/h1-5,7-8H,6H2. The van der Waals surface area contributed by atoms with Crippen LogP contribution in [0.2, 0.25) is 0 Å². The first-order valence-electron chi connectivity index (χ1n) is 4.09. The molecule has 0 saturated carbocycles. The molecule has 0 spiro atoms. The molecule has 0 aromatic heterocycles. The summed E-state index contributed by atoms with van der Waals surface area (Å²) >= 11 is 0. The maximum atomic E-state index is 4.19. The van der Waals surface area contributed by atoms with Crippen LogP contribution in [0.4, 0.5) is 0 Å². The Labute approximate surface area is 76.6 Å². The van der Waals surface area contributed by atoms with E-state index in [0.29, 0.717) is 6.54 Å². The summed E-state index contributed by atoms with van der Waals surface area (Å²) in [6.07, 6.45) is 3.05. The van der Waals surface area contributed by atoms with Gasteiger partial charge in [0, 0.05) is 0 Å². The largest absolute Gasteiger partial charge is 0.267 e. The second kappa shape index (κ2) is 3.76. The molecule has 1 heterocycles. The maximum Gasteiger partial charge on any atom is 0.117 e. The molecule has 2 rings (SSSR count). The summed E-state index contributed by atoms with van der Waals surface area (Å²) in [5.41, 5.74) is 2.06. The maximum absolute atomic E-state index is 4.19. The van der Waals surface area contributed by atoms with Gasteiger partial charge in [-0.05, 0) is 5.56 Å². The van der Waals surface area contributed by atoms with Crippen LogP contribution >= 0.6 is 0 Å². The Bertz CT molecular complexity index is 363. The lowest BCUT2D eigenvalue weighted by Gasteiger charge is -1.99. The molecule has 0 fully saturated rings. The van der Waals surface area contributed by atoms with Gasteiger partial charge in [-0.2, -0.15) is 0 Å². The summed E-state index contributed by atoms with van der Waals surface area (Å²) < 4.78 is 0. The molecule has 0 unspecified atom stereocenters. The van der Waals surface area contributed by atoms with E-state index < -0.39 is 0 Å². The minimum atomic E-state index is 0.601. The van der Waals surface area contributed by atoms with Gasteiger partial charge in [0.25, 0.3) is 0 Å². The third kappa shape index (κ3) is 1.87. The first-order valence-corrected chi connectivity index (χ1v) is 4.09. The summed E-state index contributed by atoms with van der Waals surface area (Å²) in [4.78, 5) is 12.1. The van der Waals surface area contributed by atoms with Crippen LogP contribution < -0.4 is 0 Å². The van der Waals surface area contributed by atoms with E-state index in [1.807, 2.05) is 30.3 Å². The van der Waals surface area contributed by atoms with Gasteiger partial charge >= 0.3 is 0 Å². The Hall–Kier alpha value is -1.77. The fraction of sp³-hybridized carbons (Fsp3) is 0.100. The van der Waals surface area contributed by atoms with Crippen molar-refractivity contribution in [3.8, 4) is 0 Å². The van der Waals surface area contributed by atoms with Crippen molar-refractivity contribution in [1.29, 1.82) is 0 Å².